The molecule has 1 fully saturated rings. The molecule has 0 aromatic carbocycles. The maximum absolute atomic E-state index is 11.7. The van der Waals surface area contributed by atoms with Gasteiger partial charge in [0.15, 0.2) is 0 Å². The predicted molar refractivity (Wildman–Crippen MR) is 58.6 cm³/mol. The summed E-state index contributed by atoms with van der Waals surface area (Å²) in [5, 5.41) is 0. The summed E-state index contributed by atoms with van der Waals surface area (Å²) in [6.45, 7) is 0. The molecule has 3 atom stereocenters. The highest BCUT2D eigenvalue weighted by Crippen LogP contribution is 2.20. The van der Waals surface area contributed by atoms with Gasteiger partial charge in [-0.25, -0.2) is 4.79 Å². The number of hydrogen-bond acceptors (Lipinski definition) is 5. The average molecular weight is 221 g/mol. The molecule has 1 aromatic heterocycles. The molecule has 1 aliphatic rings. The Balaban J connectivity index is 1.98. The lowest BCUT2D eigenvalue weighted by atomic mass is 10.2. The standard InChI is InChI=1S/C11H15N3O2/c12-8-5-9(13)10(6-8)16-11(15)7-1-3-14-4-2-7/h1-4,8-10H,5-6,12-13H2/t8-,9+,10+/m0/s1. The van der Waals surface area contributed by atoms with Crippen molar-refractivity contribution in [3.8, 4) is 0 Å². The molecule has 0 amide bonds. The molecule has 1 heterocycles. The van der Waals surface area contributed by atoms with Crippen LogP contribution >= 0.6 is 0 Å². The first-order valence-electron chi connectivity index (χ1n) is 5.29. The van der Waals surface area contributed by atoms with Crippen LogP contribution in [0.1, 0.15) is 23.2 Å². The van der Waals surface area contributed by atoms with E-state index in [-0.39, 0.29) is 24.2 Å². The van der Waals surface area contributed by atoms with Gasteiger partial charge in [-0.05, 0) is 18.6 Å². The molecule has 1 aromatic rings. The van der Waals surface area contributed by atoms with Gasteiger partial charge in [0.25, 0.3) is 0 Å². The molecule has 16 heavy (non-hydrogen) atoms. The Morgan fingerprint density at radius 2 is 2.00 bits per heavy atom. The number of hydrogen-bond donors (Lipinski definition) is 2. The first-order chi connectivity index (χ1) is 7.66. The molecule has 0 spiro atoms. The summed E-state index contributed by atoms with van der Waals surface area (Å²) < 4.78 is 5.31. The van der Waals surface area contributed by atoms with Gasteiger partial charge in [-0.15, -0.1) is 0 Å². The third-order valence-corrected chi connectivity index (χ3v) is 2.76. The second-order valence-corrected chi connectivity index (χ2v) is 4.07. The van der Waals surface area contributed by atoms with Gasteiger partial charge in [0.1, 0.15) is 6.10 Å². The fraction of sp³-hybridized carbons (Fsp3) is 0.455. The molecule has 5 nitrogen and oxygen atoms in total. The second kappa shape index (κ2) is 4.59. The van der Waals surface area contributed by atoms with Crippen LogP contribution in [0.3, 0.4) is 0 Å². The van der Waals surface area contributed by atoms with Gasteiger partial charge in [-0.3, -0.25) is 4.98 Å². The molecular weight excluding hydrogens is 206 g/mol. The van der Waals surface area contributed by atoms with E-state index in [0.717, 1.165) is 0 Å². The Kier molecular flexibility index (Phi) is 3.17. The van der Waals surface area contributed by atoms with Crippen molar-refractivity contribution in [3.63, 3.8) is 0 Å². The minimum atomic E-state index is -0.364. The number of esters is 1. The molecule has 0 aliphatic heterocycles. The Labute approximate surface area is 93.8 Å². The average Bonchev–Trinajstić information content (AvgIpc) is 2.59. The lowest BCUT2D eigenvalue weighted by molar-refractivity contribution is 0.0281. The largest absolute Gasteiger partial charge is 0.457 e. The molecule has 0 saturated heterocycles. The van der Waals surface area contributed by atoms with Gasteiger partial charge in [0.2, 0.25) is 0 Å². The molecule has 86 valence electrons. The SMILES string of the molecule is N[C@H]1C[C@@H](N)[C@H](OC(=O)c2ccncc2)C1. The highest BCUT2D eigenvalue weighted by atomic mass is 16.5. The topological polar surface area (TPSA) is 91.2 Å². The Morgan fingerprint density at radius 1 is 1.31 bits per heavy atom. The summed E-state index contributed by atoms with van der Waals surface area (Å²) in [6.07, 6.45) is 4.18. The van der Waals surface area contributed by atoms with Crippen molar-refractivity contribution >= 4 is 5.97 Å². The normalized spacial score (nSPS) is 29.0. The fourth-order valence-electron chi connectivity index (χ4n) is 1.90. The quantitative estimate of drug-likeness (QED) is 0.689. The van der Waals surface area contributed by atoms with Crippen molar-refractivity contribution in [2.45, 2.75) is 31.0 Å². The number of carbonyl (C=O) groups excluding carboxylic acids is 1. The van der Waals surface area contributed by atoms with E-state index < -0.39 is 0 Å². The van der Waals surface area contributed by atoms with Crippen LogP contribution in [-0.2, 0) is 4.74 Å². The summed E-state index contributed by atoms with van der Waals surface area (Å²) in [6, 6.07) is 3.11. The van der Waals surface area contributed by atoms with Crippen LogP contribution in [0.15, 0.2) is 24.5 Å². The summed E-state index contributed by atoms with van der Waals surface area (Å²) >= 11 is 0. The highest BCUT2D eigenvalue weighted by molar-refractivity contribution is 5.89. The third kappa shape index (κ3) is 2.37. The molecule has 0 radical (unpaired) electrons. The number of carbonyl (C=O) groups is 1. The Hall–Kier alpha value is -1.46. The molecule has 2 rings (SSSR count). The number of nitrogens with two attached hydrogens (primary N) is 2. The van der Waals surface area contributed by atoms with Crippen LogP contribution < -0.4 is 11.5 Å². The van der Waals surface area contributed by atoms with Gasteiger partial charge >= 0.3 is 5.97 Å². The van der Waals surface area contributed by atoms with Gasteiger partial charge in [0, 0.05) is 30.9 Å². The lowest BCUT2D eigenvalue weighted by Gasteiger charge is -2.15. The molecule has 5 heteroatoms. The summed E-state index contributed by atoms with van der Waals surface area (Å²) in [5.41, 5.74) is 12.1. The van der Waals surface area contributed by atoms with Crippen molar-refractivity contribution in [2.75, 3.05) is 0 Å². The summed E-state index contributed by atoms with van der Waals surface area (Å²) in [7, 11) is 0. The lowest BCUT2D eigenvalue weighted by Crippen LogP contribution is -2.33. The number of nitrogens with zero attached hydrogens (tertiary/aromatic N) is 1. The van der Waals surface area contributed by atoms with Crippen LogP contribution in [0, 0.1) is 0 Å². The summed E-state index contributed by atoms with van der Waals surface area (Å²) in [4.78, 5) is 15.5. The van der Waals surface area contributed by atoms with E-state index in [4.69, 9.17) is 16.2 Å². The zero-order valence-electron chi connectivity index (χ0n) is 8.87. The number of rotatable bonds is 2. The van der Waals surface area contributed by atoms with E-state index >= 15 is 0 Å². The van der Waals surface area contributed by atoms with Crippen molar-refractivity contribution in [1.29, 1.82) is 0 Å². The Morgan fingerprint density at radius 3 is 2.56 bits per heavy atom. The van der Waals surface area contributed by atoms with E-state index in [1.807, 2.05) is 0 Å². The van der Waals surface area contributed by atoms with E-state index in [1.54, 1.807) is 24.5 Å². The number of ether oxygens (including phenoxy) is 1. The molecule has 0 unspecified atom stereocenters. The van der Waals surface area contributed by atoms with Crippen LogP contribution in [0.5, 0.6) is 0 Å². The van der Waals surface area contributed by atoms with E-state index in [2.05, 4.69) is 4.98 Å². The molecular formula is C11H15N3O2. The molecule has 0 bridgehead atoms. The van der Waals surface area contributed by atoms with Crippen LogP contribution in [0.2, 0.25) is 0 Å². The minimum Gasteiger partial charge on any atom is -0.457 e. The second-order valence-electron chi connectivity index (χ2n) is 4.07. The molecule has 1 saturated carbocycles. The first-order valence-corrected chi connectivity index (χ1v) is 5.29. The maximum atomic E-state index is 11.7. The van der Waals surface area contributed by atoms with Crippen LogP contribution in [-0.4, -0.2) is 29.1 Å². The number of aromatic nitrogens is 1. The Bertz CT molecular complexity index is 369. The van der Waals surface area contributed by atoms with E-state index in [1.165, 1.54) is 0 Å². The number of pyridine rings is 1. The van der Waals surface area contributed by atoms with Crippen molar-refractivity contribution in [1.82, 2.24) is 4.98 Å². The van der Waals surface area contributed by atoms with Crippen molar-refractivity contribution in [2.24, 2.45) is 11.5 Å². The molecule has 4 N–H and O–H groups in total. The predicted octanol–water partition coefficient (Wildman–Crippen LogP) is 0.0554. The van der Waals surface area contributed by atoms with Crippen molar-refractivity contribution in [3.05, 3.63) is 30.1 Å². The van der Waals surface area contributed by atoms with E-state index in [0.29, 0.717) is 18.4 Å². The third-order valence-electron chi connectivity index (χ3n) is 2.76. The van der Waals surface area contributed by atoms with Gasteiger partial charge in [-0.2, -0.15) is 0 Å². The van der Waals surface area contributed by atoms with E-state index in [9.17, 15) is 4.79 Å². The zero-order chi connectivity index (χ0) is 11.5. The molecule has 1 aliphatic carbocycles. The first kappa shape index (κ1) is 11.0. The van der Waals surface area contributed by atoms with Crippen LogP contribution in [0.25, 0.3) is 0 Å². The fourth-order valence-corrected chi connectivity index (χ4v) is 1.90. The van der Waals surface area contributed by atoms with Gasteiger partial charge in [-0.1, -0.05) is 0 Å². The summed E-state index contributed by atoms with van der Waals surface area (Å²) in [5.74, 6) is -0.364. The van der Waals surface area contributed by atoms with Gasteiger partial charge < -0.3 is 16.2 Å². The maximum Gasteiger partial charge on any atom is 0.338 e. The monoisotopic (exact) mass is 221 g/mol. The smallest absolute Gasteiger partial charge is 0.338 e. The highest BCUT2D eigenvalue weighted by Gasteiger charge is 2.32. The van der Waals surface area contributed by atoms with Crippen LogP contribution in [0.4, 0.5) is 0 Å². The van der Waals surface area contributed by atoms with Gasteiger partial charge in [0.05, 0.1) is 5.56 Å². The minimum absolute atomic E-state index is 0.0326. The zero-order valence-corrected chi connectivity index (χ0v) is 8.87. The van der Waals surface area contributed by atoms with Crippen molar-refractivity contribution < 1.29 is 9.53 Å².